The number of benzene rings is 4. The van der Waals surface area contributed by atoms with Crippen molar-refractivity contribution in [1.82, 2.24) is 9.80 Å². The number of carbonyl (C=O) groups is 3. The Labute approximate surface area is 370 Å². The summed E-state index contributed by atoms with van der Waals surface area (Å²) >= 11 is 0. The van der Waals surface area contributed by atoms with Gasteiger partial charge in [-0.3, -0.25) is 34.6 Å². The second-order valence-electron chi connectivity index (χ2n) is 17.4. The highest BCUT2D eigenvalue weighted by Gasteiger charge is 2.35. The van der Waals surface area contributed by atoms with Gasteiger partial charge in [-0.05, 0) is 73.2 Å². The average Bonchev–Trinajstić information content (AvgIpc) is 4.25. The molecular formula is C47H52F2N8O7. The summed E-state index contributed by atoms with van der Waals surface area (Å²) in [5, 5.41) is 23.1. The third-order valence-corrected chi connectivity index (χ3v) is 13.4. The molecule has 2 aliphatic heterocycles. The molecule has 2 saturated heterocycles. The molecule has 2 saturated carbocycles. The number of anilines is 4. The summed E-state index contributed by atoms with van der Waals surface area (Å²) in [7, 11) is 3.78. The molecule has 17 heteroatoms. The normalized spacial score (nSPS) is 17.5. The Morgan fingerprint density at radius 3 is 1.25 bits per heavy atom. The highest BCUT2D eigenvalue weighted by atomic mass is 19.1. The minimum atomic E-state index is -0.699. The van der Waals surface area contributed by atoms with E-state index in [9.17, 15) is 34.6 Å². The molecule has 64 heavy (non-hydrogen) atoms. The van der Waals surface area contributed by atoms with E-state index in [4.69, 9.17) is 0 Å². The van der Waals surface area contributed by atoms with E-state index in [0.717, 1.165) is 25.7 Å². The smallest absolute Gasteiger partial charge is 0.270 e. The van der Waals surface area contributed by atoms with Crippen LogP contribution in [-0.4, -0.2) is 116 Å². The summed E-state index contributed by atoms with van der Waals surface area (Å²) in [5.41, 5.74) is 3.17. The Morgan fingerprint density at radius 1 is 0.578 bits per heavy atom. The zero-order valence-corrected chi connectivity index (χ0v) is 36.4. The lowest BCUT2D eigenvalue weighted by molar-refractivity contribution is -0.385. The standard InChI is InChI=1S/C47H52F2N8O7/c1-29(31-5-13-43(39(48)25-31)52-17-21-54(22-18-52)46(59)37-27-35(56(61)62)11-15-41(37)50(3)33-7-8-33)45(58)30(2)32-6-14-44(40(49)26-32)53-19-23-55(24-20-53)47(60)38-28-36(57(63)64)12-16-42(38)51(4)34-9-10-34/h5-6,11-16,25-30,33-34H,7-10,17-24H2,1-4H3. The molecule has 0 radical (unpaired) electrons. The first-order valence-corrected chi connectivity index (χ1v) is 21.8. The van der Waals surface area contributed by atoms with E-state index in [1.807, 2.05) is 33.7 Å². The topological polar surface area (TPSA) is 157 Å². The fraction of sp³-hybridized carbons (Fsp3) is 0.426. The van der Waals surface area contributed by atoms with Crippen molar-refractivity contribution in [2.75, 3.05) is 86.1 Å². The van der Waals surface area contributed by atoms with Crippen LogP contribution >= 0.6 is 0 Å². The van der Waals surface area contributed by atoms with Gasteiger partial charge in [-0.25, -0.2) is 8.78 Å². The Balaban J connectivity index is 0.869. The lowest BCUT2D eigenvalue weighted by Crippen LogP contribution is -2.49. The van der Waals surface area contributed by atoms with Crippen LogP contribution in [0.1, 0.15) is 83.2 Å². The Hall–Kier alpha value is -6.65. The second kappa shape index (κ2) is 17.8. The number of rotatable bonds is 14. The highest BCUT2D eigenvalue weighted by Crippen LogP contribution is 2.37. The third kappa shape index (κ3) is 8.92. The van der Waals surface area contributed by atoms with Crippen molar-refractivity contribution in [3.05, 3.63) is 127 Å². The second-order valence-corrected chi connectivity index (χ2v) is 17.4. The van der Waals surface area contributed by atoms with Crippen LogP contribution in [-0.2, 0) is 4.79 Å². The van der Waals surface area contributed by atoms with Gasteiger partial charge in [0.2, 0.25) is 0 Å². The summed E-state index contributed by atoms with van der Waals surface area (Å²) in [6.45, 7) is 5.90. The number of nitrogens with zero attached hydrogens (tertiary/aromatic N) is 8. The van der Waals surface area contributed by atoms with E-state index in [0.29, 0.717) is 72.1 Å². The molecule has 4 fully saturated rings. The zero-order valence-electron chi connectivity index (χ0n) is 36.4. The molecule has 0 aromatic heterocycles. The van der Waals surface area contributed by atoms with Crippen LogP contribution in [0, 0.1) is 31.9 Å². The maximum atomic E-state index is 15.8. The molecule has 0 N–H and O–H groups in total. The van der Waals surface area contributed by atoms with Crippen molar-refractivity contribution in [3.63, 3.8) is 0 Å². The molecule has 4 aromatic rings. The van der Waals surface area contributed by atoms with Crippen LogP contribution in [0.5, 0.6) is 0 Å². The summed E-state index contributed by atoms with van der Waals surface area (Å²) in [4.78, 5) is 74.3. The number of piperazine rings is 2. The van der Waals surface area contributed by atoms with Crippen molar-refractivity contribution >= 4 is 51.7 Å². The molecule has 0 bridgehead atoms. The number of hydrogen-bond donors (Lipinski definition) is 0. The Morgan fingerprint density at radius 2 is 0.938 bits per heavy atom. The predicted molar refractivity (Wildman–Crippen MR) is 240 cm³/mol. The van der Waals surface area contributed by atoms with E-state index in [2.05, 4.69) is 0 Å². The van der Waals surface area contributed by atoms with Crippen LogP contribution < -0.4 is 19.6 Å². The molecule has 2 atom stereocenters. The van der Waals surface area contributed by atoms with Crippen molar-refractivity contribution in [2.24, 2.45) is 0 Å². The summed E-state index contributed by atoms with van der Waals surface area (Å²) in [6.07, 6.45) is 3.97. The number of hydrogen-bond acceptors (Lipinski definition) is 11. The number of ketones is 1. The van der Waals surface area contributed by atoms with Crippen LogP contribution in [0.4, 0.5) is 42.9 Å². The van der Waals surface area contributed by atoms with Crippen molar-refractivity contribution in [1.29, 1.82) is 0 Å². The fourth-order valence-electron chi connectivity index (χ4n) is 8.99. The molecule has 0 spiro atoms. The number of amides is 2. The maximum absolute atomic E-state index is 15.8. The van der Waals surface area contributed by atoms with Gasteiger partial charge in [0.15, 0.2) is 0 Å². The molecule has 15 nitrogen and oxygen atoms in total. The summed E-state index contributed by atoms with van der Waals surface area (Å²) in [5.74, 6) is -3.24. The number of nitro benzene ring substituents is 2. The van der Waals surface area contributed by atoms with Gasteiger partial charge >= 0.3 is 0 Å². The van der Waals surface area contributed by atoms with Crippen molar-refractivity contribution < 1.29 is 33.0 Å². The Bertz CT molecular complexity index is 2330. The van der Waals surface area contributed by atoms with E-state index >= 15 is 8.78 Å². The first-order valence-electron chi connectivity index (χ1n) is 21.8. The van der Waals surface area contributed by atoms with E-state index in [1.165, 1.54) is 36.4 Å². The molecular weight excluding hydrogens is 827 g/mol. The van der Waals surface area contributed by atoms with Gasteiger partial charge in [0.1, 0.15) is 17.4 Å². The van der Waals surface area contributed by atoms with Gasteiger partial charge in [0.25, 0.3) is 23.2 Å². The highest BCUT2D eigenvalue weighted by molar-refractivity contribution is 6.01. The average molecular weight is 879 g/mol. The zero-order chi connectivity index (χ0) is 45.6. The fourth-order valence-corrected chi connectivity index (χ4v) is 8.99. The molecule has 2 unspecified atom stereocenters. The number of carbonyl (C=O) groups excluding carboxylic acids is 3. The van der Waals surface area contributed by atoms with E-state index < -0.39 is 33.3 Å². The molecule has 2 heterocycles. The van der Waals surface area contributed by atoms with Crippen LogP contribution in [0.3, 0.4) is 0 Å². The number of non-ortho nitro benzene ring substituents is 2. The molecule has 2 amide bonds. The summed E-state index contributed by atoms with van der Waals surface area (Å²) < 4.78 is 31.6. The van der Waals surface area contributed by atoms with Crippen LogP contribution in [0.15, 0.2) is 72.8 Å². The molecule has 8 rings (SSSR count). The quantitative estimate of drug-likeness (QED) is 0.0920. The third-order valence-electron chi connectivity index (χ3n) is 13.4. The van der Waals surface area contributed by atoms with Gasteiger partial charge in [-0.15, -0.1) is 0 Å². The number of nitro groups is 2. The molecule has 4 aliphatic rings. The lowest BCUT2D eigenvalue weighted by atomic mass is 9.85. The number of halogens is 2. The predicted octanol–water partition coefficient (Wildman–Crippen LogP) is 7.38. The minimum absolute atomic E-state index is 0.156. The molecule has 4 aromatic carbocycles. The van der Waals surface area contributed by atoms with E-state index in [1.54, 1.807) is 60.0 Å². The summed E-state index contributed by atoms with van der Waals surface area (Å²) in [6, 6.07) is 18.7. The first kappa shape index (κ1) is 44.0. The number of Topliss-reactive ketones (excluding diaryl/α,β-unsaturated/α-hetero) is 1. The van der Waals surface area contributed by atoms with Crippen LogP contribution in [0.2, 0.25) is 0 Å². The first-order chi connectivity index (χ1) is 30.6. The molecule has 2 aliphatic carbocycles. The Kier molecular flexibility index (Phi) is 12.3. The lowest BCUT2D eigenvalue weighted by Gasteiger charge is -2.37. The largest absolute Gasteiger partial charge is 0.371 e. The van der Waals surface area contributed by atoms with Gasteiger partial charge in [0, 0.05) is 115 Å². The van der Waals surface area contributed by atoms with Gasteiger partial charge in [0.05, 0.1) is 43.7 Å². The van der Waals surface area contributed by atoms with Gasteiger partial charge < -0.3 is 29.4 Å². The van der Waals surface area contributed by atoms with Crippen molar-refractivity contribution in [3.8, 4) is 0 Å². The van der Waals surface area contributed by atoms with E-state index in [-0.39, 0.29) is 66.3 Å². The maximum Gasteiger partial charge on any atom is 0.270 e. The van der Waals surface area contributed by atoms with Gasteiger partial charge in [-0.2, -0.15) is 0 Å². The minimum Gasteiger partial charge on any atom is -0.371 e. The SMILES string of the molecule is CC(C(=O)C(C)c1ccc(N2CCN(C(=O)c3cc([N+](=O)[O-])ccc3N(C)C3CC3)CC2)c(F)c1)c1ccc(N2CCN(C(=O)c3cc([N+](=O)[O-])ccc3N(C)C3CC3)CC2)c(F)c1. The molecule has 336 valence electrons. The van der Waals surface area contributed by atoms with Crippen LogP contribution in [0.25, 0.3) is 0 Å². The van der Waals surface area contributed by atoms with Crippen molar-refractivity contribution in [2.45, 2.75) is 63.5 Å². The van der Waals surface area contributed by atoms with Gasteiger partial charge in [-0.1, -0.05) is 26.0 Å². The monoisotopic (exact) mass is 878 g/mol.